The van der Waals surface area contributed by atoms with E-state index < -0.39 is 0 Å². The number of pyridine rings is 1. The Labute approximate surface area is 83.1 Å². The zero-order valence-electron chi connectivity index (χ0n) is 8.19. The van der Waals surface area contributed by atoms with Gasteiger partial charge in [-0.1, -0.05) is 6.07 Å². The Morgan fingerprint density at radius 3 is 3.14 bits per heavy atom. The summed E-state index contributed by atoms with van der Waals surface area (Å²) in [5.41, 5.74) is 1.55. The van der Waals surface area contributed by atoms with Crippen molar-refractivity contribution in [2.24, 2.45) is 5.92 Å². The number of rotatable bonds is 2. The SMILES string of the molecule is Cc1cccnc1C(=O)C1CCOC1. The lowest BCUT2D eigenvalue weighted by atomic mass is 9.98. The number of hydrogen-bond acceptors (Lipinski definition) is 3. The van der Waals surface area contributed by atoms with Gasteiger partial charge in [-0.25, -0.2) is 0 Å². The van der Waals surface area contributed by atoms with Crippen LogP contribution in [0.4, 0.5) is 0 Å². The maximum atomic E-state index is 11.9. The van der Waals surface area contributed by atoms with Crippen LogP contribution in [0.2, 0.25) is 0 Å². The monoisotopic (exact) mass is 191 g/mol. The molecule has 0 amide bonds. The lowest BCUT2D eigenvalue weighted by Gasteiger charge is -2.07. The second-order valence-electron chi connectivity index (χ2n) is 3.59. The Hall–Kier alpha value is -1.22. The second kappa shape index (κ2) is 3.88. The molecule has 2 heterocycles. The van der Waals surface area contributed by atoms with Gasteiger partial charge in [0.15, 0.2) is 5.78 Å². The molecule has 1 atom stereocenters. The zero-order valence-corrected chi connectivity index (χ0v) is 8.19. The van der Waals surface area contributed by atoms with Crippen LogP contribution in [0.3, 0.4) is 0 Å². The first-order valence-electron chi connectivity index (χ1n) is 4.82. The summed E-state index contributed by atoms with van der Waals surface area (Å²) in [5.74, 6) is 0.143. The van der Waals surface area contributed by atoms with Crippen LogP contribution < -0.4 is 0 Å². The number of nitrogens with zero attached hydrogens (tertiary/aromatic N) is 1. The first kappa shape index (κ1) is 9.34. The number of aromatic nitrogens is 1. The minimum Gasteiger partial charge on any atom is -0.381 e. The van der Waals surface area contributed by atoms with Gasteiger partial charge >= 0.3 is 0 Å². The molecular formula is C11H13NO2. The van der Waals surface area contributed by atoms with Crippen molar-refractivity contribution in [1.82, 2.24) is 4.98 Å². The standard InChI is InChI=1S/C11H13NO2/c1-8-3-2-5-12-10(8)11(13)9-4-6-14-7-9/h2-3,5,9H,4,6-7H2,1H3. The molecule has 1 aliphatic heterocycles. The Morgan fingerprint density at radius 1 is 1.64 bits per heavy atom. The third-order valence-corrected chi connectivity index (χ3v) is 2.54. The summed E-state index contributed by atoms with van der Waals surface area (Å²) in [6, 6.07) is 3.76. The molecule has 0 spiro atoms. The fourth-order valence-electron chi connectivity index (χ4n) is 1.68. The van der Waals surface area contributed by atoms with E-state index in [4.69, 9.17) is 4.74 Å². The maximum Gasteiger partial charge on any atom is 0.186 e. The van der Waals surface area contributed by atoms with Crippen molar-refractivity contribution in [3.63, 3.8) is 0 Å². The lowest BCUT2D eigenvalue weighted by molar-refractivity contribution is 0.0894. The topological polar surface area (TPSA) is 39.2 Å². The first-order valence-corrected chi connectivity index (χ1v) is 4.82. The average molecular weight is 191 g/mol. The summed E-state index contributed by atoms with van der Waals surface area (Å²) in [6.07, 6.45) is 2.49. The molecule has 0 radical (unpaired) electrons. The number of carbonyl (C=O) groups excluding carboxylic acids is 1. The van der Waals surface area contributed by atoms with E-state index in [1.165, 1.54) is 0 Å². The van der Waals surface area contributed by atoms with Crippen LogP contribution in [0.15, 0.2) is 18.3 Å². The molecule has 14 heavy (non-hydrogen) atoms. The summed E-state index contributed by atoms with van der Waals surface area (Å²) in [4.78, 5) is 16.0. The Kier molecular flexibility index (Phi) is 2.59. The number of ketones is 1. The average Bonchev–Trinajstić information content (AvgIpc) is 2.70. The number of hydrogen-bond donors (Lipinski definition) is 0. The van der Waals surface area contributed by atoms with Crippen molar-refractivity contribution in [2.45, 2.75) is 13.3 Å². The van der Waals surface area contributed by atoms with Crippen LogP contribution >= 0.6 is 0 Å². The summed E-state index contributed by atoms with van der Waals surface area (Å²) in [6.45, 7) is 3.16. The second-order valence-corrected chi connectivity index (χ2v) is 3.59. The minimum absolute atomic E-state index is 0.0172. The van der Waals surface area contributed by atoms with Crippen LogP contribution in [0, 0.1) is 12.8 Å². The number of aryl methyl sites for hydroxylation is 1. The third kappa shape index (κ3) is 1.68. The van der Waals surface area contributed by atoms with Crippen LogP contribution in [-0.4, -0.2) is 24.0 Å². The summed E-state index contributed by atoms with van der Waals surface area (Å²) in [7, 11) is 0. The fourth-order valence-corrected chi connectivity index (χ4v) is 1.68. The van der Waals surface area contributed by atoms with Gasteiger partial charge in [0.25, 0.3) is 0 Å². The highest BCUT2D eigenvalue weighted by Gasteiger charge is 2.26. The van der Waals surface area contributed by atoms with Gasteiger partial charge in [-0.05, 0) is 25.0 Å². The van der Waals surface area contributed by atoms with Crippen molar-refractivity contribution in [3.05, 3.63) is 29.6 Å². The van der Waals surface area contributed by atoms with Crippen LogP contribution in [0.5, 0.6) is 0 Å². The van der Waals surface area contributed by atoms with E-state index >= 15 is 0 Å². The summed E-state index contributed by atoms with van der Waals surface area (Å²) >= 11 is 0. The van der Waals surface area contributed by atoms with Crippen molar-refractivity contribution in [2.75, 3.05) is 13.2 Å². The zero-order chi connectivity index (χ0) is 9.97. The molecule has 1 aromatic rings. The minimum atomic E-state index is 0.0172. The van der Waals surface area contributed by atoms with E-state index in [1.54, 1.807) is 6.20 Å². The highest BCUT2D eigenvalue weighted by atomic mass is 16.5. The molecule has 0 aromatic carbocycles. The molecule has 1 saturated heterocycles. The molecule has 0 N–H and O–H groups in total. The molecule has 74 valence electrons. The van der Waals surface area contributed by atoms with E-state index in [0.717, 1.165) is 12.0 Å². The van der Waals surface area contributed by atoms with Crippen LogP contribution in [0.25, 0.3) is 0 Å². The van der Waals surface area contributed by atoms with E-state index in [-0.39, 0.29) is 11.7 Å². The molecule has 0 bridgehead atoms. The third-order valence-electron chi connectivity index (χ3n) is 2.54. The van der Waals surface area contributed by atoms with Gasteiger partial charge in [-0.2, -0.15) is 0 Å². The molecular weight excluding hydrogens is 178 g/mol. The molecule has 3 heteroatoms. The first-order chi connectivity index (χ1) is 6.79. The van der Waals surface area contributed by atoms with Crippen LogP contribution in [0.1, 0.15) is 22.5 Å². The van der Waals surface area contributed by atoms with E-state index in [1.807, 2.05) is 19.1 Å². The molecule has 1 aliphatic rings. The Bertz CT molecular complexity index is 343. The maximum absolute atomic E-state index is 11.9. The van der Waals surface area contributed by atoms with Crippen molar-refractivity contribution in [3.8, 4) is 0 Å². The van der Waals surface area contributed by atoms with Gasteiger partial charge in [-0.15, -0.1) is 0 Å². The van der Waals surface area contributed by atoms with Crippen molar-refractivity contribution >= 4 is 5.78 Å². The number of ether oxygens (including phenoxy) is 1. The summed E-state index contributed by atoms with van der Waals surface area (Å²) < 4.78 is 5.19. The fraction of sp³-hybridized carbons (Fsp3) is 0.455. The molecule has 1 fully saturated rings. The van der Waals surface area contributed by atoms with E-state index in [2.05, 4.69) is 4.98 Å². The predicted octanol–water partition coefficient (Wildman–Crippen LogP) is 1.61. The van der Waals surface area contributed by atoms with Gasteiger partial charge in [0.1, 0.15) is 5.69 Å². The predicted molar refractivity (Wildman–Crippen MR) is 52.2 cm³/mol. The largest absolute Gasteiger partial charge is 0.381 e. The van der Waals surface area contributed by atoms with Gasteiger partial charge in [0.05, 0.1) is 6.61 Å². The Morgan fingerprint density at radius 2 is 2.50 bits per heavy atom. The van der Waals surface area contributed by atoms with E-state index in [9.17, 15) is 4.79 Å². The van der Waals surface area contributed by atoms with Gasteiger partial charge in [0, 0.05) is 18.7 Å². The van der Waals surface area contributed by atoms with Gasteiger partial charge in [-0.3, -0.25) is 9.78 Å². The summed E-state index contributed by atoms with van der Waals surface area (Å²) in [5, 5.41) is 0. The molecule has 0 aliphatic carbocycles. The van der Waals surface area contributed by atoms with Crippen molar-refractivity contribution < 1.29 is 9.53 Å². The molecule has 1 aromatic heterocycles. The number of carbonyl (C=O) groups is 1. The molecule has 1 unspecified atom stereocenters. The highest BCUT2D eigenvalue weighted by Crippen LogP contribution is 2.18. The van der Waals surface area contributed by atoms with Gasteiger partial charge < -0.3 is 4.74 Å². The molecule has 2 rings (SSSR count). The van der Waals surface area contributed by atoms with Crippen molar-refractivity contribution in [1.29, 1.82) is 0 Å². The number of Topliss-reactive ketones (excluding diaryl/α,β-unsaturated/α-hetero) is 1. The molecule has 0 saturated carbocycles. The quantitative estimate of drug-likeness (QED) is 0.667. The van der Waals surface area contributed by atoms with E-state index in [0.29, 0.717) is 18.9 Å². The smallest absolute Gasteiger partial charge is 0.186 e. The van der Waals surface area contributed by atoms with Gasteiger partial charge in [0.2, 0.25) is 0 Å². The van der Waals surface area contributed by atoms with Crippen LogP contribution in [-0.2, 0) is 4.74 Å². The lowest BCUT2D eigenvalue weighted by Crippen LogP contribution is -2.17. The highest BCUT2D eigenvalue weighted by molar-refractivity contribution is 5.97. The Balaban J connectivity index is 2.22. The molecule has 3 nitrogen and oxygen atoms in total. The normalized spacial score (nSPS) is 21.1.